The molecule has 15 unspecified atom stereocenters. The van der Waals surface area contributed by atoms with Crippen LogP contribution in [0.3, 0.4) is 0 Å². The number of piperidine rings is 1. The molecule has 1 amide bonds. The Hall–Kier alpha value is -3.98. The zero-order valence-corrected chi connectivity index (χ0v) is 45.7. The fourth-order valence-corrected chi connectivity index (χ4v) is 10.7. The lowest BCUT2D eigenvalue weighted by molar-refractivity contribution is -0.265. The van der Waals surface area contributed by atoms with Crippen molar-refractivity contribution in [1.29, 1.82) is 0 Å². The Morgan fingerprint density at radius 3 is 2.20 bits per heavy atom. The van der Waals surface area contributed by atoms with Crippen molar-refractivity contribution in [2.75, 3.05) is 41.1 Å². The van der Waals surface area contributed by atoms with E-state index in [0.717, 1.165) is 10.5 Å². The second-order valence-corrected chi connectivity index (χ2v) is 22.2. The molecular formula is C56H87NO17. The monoisotopic (exact) mass is 1050 g/mol. The second-order valence-electron chi connectivity index (χ2n) is 22.2. The molecule has 74 heavy (non-hydrogen) atoms. The number of carbonyl (C=O) groups excluding carboxylic acids is 6. The predicted octanol–water partition coefficient (Wildman–Crippen LogP) is 4.84. The van der Waals surface area contributed by atoms with Gasteiger partial charge in [-0.3, -0.25) is 24.0 Å². The number of esters is 2. The molecule has 4 rings (SSSR count). The first-order valence-corrected chi connectivity index (χ1v) is 26.4. The number of cyclic esters (lactones) is 1. The molecule has 0 spiro atoms. The predicted molar refractivity (Wildman–Crippen MR) is 273 cm³/mol. The van der Waals surface area contributed by atoms with Crippen LogP contribution in [0.2, 0.25) is 0 Å². The van der Waals surface area contributed by atoms with Crippen LogP contribution in [0.5, 0.6) is 0 Å². The van der Waals surface area contributed by atoms with Crippen LogP contribution in [-0.4, -0.2) is 167 Å². The highest BCUT2D eigenvalue weighted by atomic mass is 16.6. The van der Waals surface area contributed by atoms with Crippen LogP contribution in [0.15, 0.2) is 47.6 Å². The first-order chi connectivity index (χ1) is 34.8. The van der Waals surface area contributed by atoms with Gasteiger partial charge in [0.25, 0.3) is 11.7 Å². The third-order valence-electron chi connectivity index (χ3n) is 15.9. The first kappa shape index (κ1) is 62.6. The van der Waals surface area contributed by atoms with Crippen molar-refractivity contribution in [3.8, 4) is 0 Å². The lowest BCUT2D eigenvalue weighted by Crippen LogP contribution is -2.61. The van der Waals surface area contributed by atoms with E-state index in [4.69, 9.17) is 28.4 Å². The average molecular weight is 1050 g/mol. The number of carbonyl (C=O) groups is 6. The van der Waals surface area contributed by atoms with Gasteiger partial charge in [-0.25, -0.2) is 4.79 Å². The number of ether oxygens (including phenoxy) is 6. The third-order valence-corrected chi connectivity index (χ3v) is 15.9. The molecule has 4 aliphatic rings. The van der Waals surface area contributed by atoms with Crippen LogP contribution < -0.4 is 0 Å². The van der Waals surface area contributed by atoms with Gasteiger partial charge in [-0.05, 0) is 115 Å². The minimum absolute atomic E-state index is 0.00808. The number of hydrogen-bond acceptors (Lipinski definition) is 17. The molecule has 3 heterocycles. The van der Waals surface area contributed by atoms with E-state index in [1.54, 1.807) is 58.9 Å². The van der Waals surface area contributed by atoms with Crippen molar-refractivity contribution >= 4 is 35.2 Å². The van der Waals surface area contributed by atoms with Gasteiger partial charge in [0.2, 0.25) is 5.79 Å². The number of Topliss-reactive ketones (excluding diaryl/α,β-unsaturated/α-hetero) is 3. The van der Waals surface area contributed by atoms with E-state index in [1.807, 2.05) is 19.9 Å². The van der Waals surface area contributed by atoms with E-state index in [1.165, 1.54) is 34.3 Å². The summed E-state index contributed by atoms with van der Waals surface area (Å²) in [6.45, 7) is 12.0. The molecule has 2 bridgehead atoms. The average Bonchev–Trinajstić information content (AvgIpc) is 3.37. The Morgan fingerprint density at radius 2 is 1.57 bits per heavy atom. The molecule has 2 saturated heterocycles. The first-order valence-electron chi connectivity index (χ1n) is 26.4. The summed E-state index contributed by atoms with van der Waals surface area (Å²) in [4.78, 5) is 85.4. The second kappa shape index (κ2) is 27.9. The van der Waals surface area contributed by atoms with Gasteiger partial charge in [-0.2, -0.15) is 0 Å². The van der Waals surface area contributed by atoms with Gasteiger partial charge in [0.15, 0.2) is 5.78 Å². The summed E-state index contributed by atoms with van der Waals surface area (Å²) in [5, 5.41) is 54.4. The number of nitrogens with zero attached hydrogens (tertiary/aromatic N) is 1. The van der Waals surface area contributed by atoms with Crippen molar-refractivity contribution in [2.24, 2.45) is 35.0 Å². The lowest BCUT2D eigenvalue weighted by Gasteiger charge is -2.42. The Morgan fingerprint density at radius 1 is 0.878 bits per heavy atom. The topological polar surface area (TPSA) is 262 Å². The quantitative estimate of drug-likeness (QED) is 0.111. The highest BCUT2D eigenvalue weighted by molar-refractivity contribution is 6.39. The minimum atomic E-state index is -2.50. The molecule has 18 nitrogen and oxygen atoms in total. The van der Waals surface area contributed by atoms with Crippen molar-refractivity contribution in [1.82, 2.24) is 4.90 Å². The fourth-order valence-electron chi connectivity index (χ4n) is 10.7. The zero-order chi connectivity index (χ0) is 55.3. The van der Waals surface area contributed by atoms with Gasteiger partial charge in [0.05, 0.1) is 37.1 Å². The molecule has 0 aromatic heterocycles. The van der Waals surface area contributed by atoms with Crippen LogP contribution in [0.1, 0.15) is 132 Å². The van der Waals surface area contributed by atoms with Gasteiger partial charge in [0.1, 0.15) is 41.7 Å². The highest BCUT2D eigenvalue weighted by Crippen LogP contribution is 2.38. The Labute approximate surface area is 437 Å². The Kier molecular flexibility index (Phi) is 23.6. The van der Waals surface area contributed by atoms with Gasteiger partial charge in [0, 0.05) is 58.5 Å². The zero-order valence-electron chi connectivity index (χ0n) is 45.7. The lowest BCUT2D eigenvalue weighted by atomic mass is 9.78. The van der Waals surface area contributed by atoms with E-state index in [2.05, 4.69) is 0 Å². The molecule has 3 fully saturated rings. The Bertz CT molecular complexity index is 2060. The highest BCUT2D eigenvalue weighted by Gasteiger charge is 2.53. The molecule has 1 aliphatic carbocycles. The number of amides is 1. The van der Waals surface area contributed by atoms with Crippen molar-refractivity contribution < 1.29 is 82.7 Å². The molecule has 5 N–H and O–H groups in total. The van der Waals surface area contributed by atoms with Crippen LogP contribution in [-0.2, 0) is 57.2 Å². The number of hydrogen-bond donors (Lipinski definition) is 5. The van der Waals surface area contributed by atoms with Gasteiger partial charge >= 0.3 is 11.9 Å². The number of aliphatic hydroxyl groups is 5. The van der Waals surface area contributed by atoms with E-state index in [-0.39, 0.29) is 49.5 Å². The summed E-state index contributed by atoms with van der Waals surface area (Å²) in [7, 11) is 4.33. The molecule has 0 radical (unpaired) electrons. The van der Waals surface area contributed by atoms with Crippen LogP contribution in [0.25, 0.3) is 0 Å². The summed E-state index contributed by atoms with van der Waals surface area (Å²) < 4.78 is 35.3. The van der Waals surface area contributed by atoms with E-state index in [0.29, 0.717) is 51.4 Å². The largest absolute Gasteiger partial charge is 0.460 e. The number of ketones is 3. The Balaban J connectivity index is 1.71. The normalized spacial score (nSPS) is 37.0. The van der Waals surface area contributed by atoms with Crippen LogP contribution in [0, 0.1) is 35.0 Å². The van der Waals surface area contributed by atoms with Crippen LogP contribution in [0.4, 0.5) is 0 Å². The SMILES string of the molecule is COC1CC2CCC(C)C(O)(O2)C(=O)C(=O)N2CCCCC2C(=O)OC(C(C)CC2CCC(OC(=O)C(C)(CO)CO)C(OC)C2)CC(=O)C(C)/C=C(\C)C(O)C(OC)C(=O)C(C)CC(C)(O)/C=C/C=CC=C1C. The van der Waals surface area contributed by atoms with Gasteiger partial charge < -0.3 is 58.9 Å². The summed E-state index contributed by atoms with van der Waals surface area (Å²) >= 11 is 0. The van der Waals surface area contributed by atoms with E-state index >= 15 is 0 Å². The summed E-state index contributed by atoms with van der Waals surface area (Å²) in [6.07, 6.45) is 7.63. The van der Waals surface area contributed by atoms with Crippen molar-refractivity contribution in [3.05, 3.63) is 47.6 Å². The molecule has 0 aromatic rings. The smallest absolute Gasteiger partial charge is 0.329 e. The maximum Gasteiger partial charge on any atom is 0.329 e. The molecular weight excluding hydrogens is 959 g/mol. The van der Waals surface area contributed by atoms with Crippen LogP contribution >= 0.6 is 0 Å². The van der Waals surface area contributed by atoms with E-state index < -0.39 is 132 Å². The number of methoxy groups -OCH3 is 3. The third kappa shape index (κ3) is 16.0. The minimum Gasteiger partial charge on any atom is -0.460 e. The summed E-state index contributed by atoms with van der Waals surface area (Å²) in [5.74, 6) is -10.0. The molecule has 3 aliphatic heterocycles. The molecule has 418 valence electrons. The number of aliphatic hydroxyl groups excluding tert-OH is 3. The molecule has 1 saturated carbocycles. The van der Waals surface area contributed by atoms with Crippen molar-refractivity contribution in [2.45, 2.75) is 193 Å². The van der Waals surface area contributed by atoms with Gasteiger partial charge in [-0.15, -0.1) is 0 Å². The van der Waals surface area contributed by atoms with Crippen molar-refractivity contribution in [3.63, 3.8) is 0 Å². The molecule has 18 heteroatoms. The molecule has 15 atom stereocenters. The maximum atomic E-state index is 14.5. The fraction of sp³-hybridized carbons (Fsp3) is 0.750. The summed E-state index contributed by atoms with van der Waals surface area (Å²) in [5.41, 5.74) is -1.85. The number of rotatable bonds is 10. The number of fused-ring (bicyclic) bond motifs is 3. The number of allylic oxidation sites excluding steroid dienone is 5. The molecule has 0 aromatic carbocycles. The van der Waals surface area contributed by atoms with Gasteiger partial charge in [-0.1, -0.05) is 64.2 Å². The van der Waals surface area contributed by atoms with E-state index in [9.17, 15) is 54.3 Å². The summed E-state index contributed by atoms with van der Waals surface area (Å²) in [6, 6.07) is -1.22. The standard InChI is InChI=1S/C56H87NO17/c1-33-17-13-12-15-23-55(8,67)30-37(5)48(62)49(71-11)47(61)36(4)25-34(2)42(60)29-45(35(3)26-39-20-22-43(46(27-39)70-10)73-53(66)54(7,31-58)32-59)72-52(65)41-18-14-16-24-57(41)51(64)50(63)56(68)38(6)19-21-40(74-56)28-44(33)69-9/h12-13,15,17,23,25,34-35,37-41,43-47,49,58-59,61,67-68H,14,16,18-22,24,26-32H2,1-11H3/b13-12?,23-15+,33-17?,36-25+. The maximum absolute atomic E-state index is 14.5.